The number of nitrogens with zero attached hydrogens (tertiary/aromatic N) is 5. The maximum atomic E-state index is 9.79. The summed E-state index contributed by atoms with van der Waals surface area (Å²) < 4.78 is 5.47. The second-order valence-corrected chi connectivity index (χ2v) is 7.63. The number of aromatic nitrogens is 3. The lowest BCUT2D eigenvalue weighted by Crippen LogP contribution is -2.36. The third-order valence-electron chi connectivity index (χ3n) is 4.87. The number of nitrogens with two attached hydrogens (primary N) is 1. The van der Waals surface area contributed by atoms with E-state index in [-0.39, 0.29) is 11.7 Å². The van der Waals surface area contributed by atoms with Gasteiger partial charge in [-0.15, -0.1) is 11.3 Å². The van der Waals surface area contributed by atoms with Gasteiger partial charge in [-0.25, -0.2) is 15.0 Å². The summed E-state index contributed by atoms with van der Waals surface area (Å²) in [6.45, 7) is 1.39. The lowest BCUT2D eigenvalue weighted by Gasteiger charge is -2.31. The Balaban J connectivity index is 1.83. The van der Waals surface area contributed by atoms with Gasteiger partial charge in [0.1, 0.15) is 39.6 Å². The van der Waals surface area contributed by atoms with Crippen molar-refractivity contribution in [1.82, 2.24) is 15.0 Å². The molecule has 148 valence electrons. The summed E-state index contributed by atoms with van der Waals surface area (Å²) in [6, 6.07) is 7.40. The highest BCUT2D eigenvalue weighted by Gasteiger charge is 2.22. The summed E-state index contributed by atoms with van der Waals surface area (Å²) >= 11 is 1.45. The lowest BCUT2D eigenvalue weighted by molar-refractivity contribution is 0.145. The van der Waals surface area contributed by atoms with E-state index in [2.05, 4.69) is 20.9 Å². The number of ether oxygens (including phenoxy) is 1. The van der Waals surface area contributed by atoms with Crippen molar-refractivity contribution < 1.29 is 9.84 Å². The number of anilines is 2. The molecule has 0 bridgehead atoms. The zero-order valence-electron chi connectivity index (χ0n) is 15.9. The van der Waals surface area contributed by atoms with Gasteiger partial charge in [-0.1, -0.05) is 0 Å². The van der Waals surface area contributed by atoms with E-state index in [4.69, 9.17) is 15.5 Å². The Hall–Kier alpha value is -3.22. The zero-order valence-corrected chi connectivity index (χ0v) is 16.7. The first-order chi connectivity index (χ1) is 14.1. The van der Waals surface area contributed by atoms with Crippen LogP contribution < -0.4 is 15.4 Å². The van der Waals surface area contributed by atoms with E-state index in [1.54, 1.807) is 25.4 Å². The van der Waals surface area contributed by atoms with Gasteiger partial charge in [0.2, 0.25) is 0 Å². The van der Waals surface area contributed by atoms with Gasteiger partial charge in [0, 0.05) is 36.8 Å². The van der Waals surface area contributed by atoms with Gasteiger partial charge in [0.05, 0.1) is 24.6 Å². The van der Waals surface area contributed by atoms with Crippen molar-refractivity contribution in [3.05, 3.63) is 35.3 Å². The average Bonchev–Trinajstić information content (AvgIpc) is 3.28. The fourth-order valence-electron chi connectivity index (χ4n) is 3.31. The summed E-state index contributed by atoms with van der Waals surface area (Å²) in [5, 5.41) is 22.0. The first kappa shape index (κ1) is 19.1. The van der Waals surface area contributed by atoms with E-state index in [0.717, 1.165) is 10.8 Å². The summed E-state index contributed by atoms with van der Waals surface area (Å²) in [7, 11) is 1.59. The minimum atomic E-state index is -0.280. The van der Waals surface area contributed by atoms with E-state index >= 15 is 0 Å². The van der Waals surface area contributed by atoms with Crippen molar-refractivity contribution in [1.29, 1.82) is 5.26 Å². The average molecular weight is 408 g/mol. The number of hydrogen-bond donors (Lipinski definition) is 2. The van der Waals surface area contributed by atoms with Crippen LogP contribution in [-0.4, -0.2) is 46.4 Å². The number of thiazole rings is 1. The highest BCUT2D eigenvalue weighted by atomic mass is 32.1. The standard InChI is InChI=1S/C20H20N6O2S/c1-28-13-8-16(24-18(9-13)26-5-2-12(27)3-6-26)19-14(11-21)15(22)10-17(25-19)20-23-4-7-29-20/h4,7-10,12,27H,2-3,5-6H2,1H3,(H2,22,25). The molecule has 3 N–H and O–H groups in total. The maximum absolute atomic E-state index is 9.79. The van der Waals surface area contributed by atoms with E-state index in [0.29, 0.717) is 54.4 Å². The van der Waals surface area contributed by atoms with Gasteiger partial charge < -0.3 is 20.5 Å². The minimum absolute atomic E-state index is 0.270. The van der Waals surface area contributed by atoms with Gasteiger partial charge in [-0.2, -0.15) is 5.26 Å². The van der Waals surface area contributed by atoms with Crippen molar-refractivity contribution in [2.24, 2.45) is 0 Å². The predicted molar refractivity (Wildman–Crippen MR) is 112 cm³/mol. The molecule has 1 aliphatic heterocycles. The number of methoxy groups -OCH3 is 1. The minimum Gasteiger partial charge on any atom is -0.497 e. The molecule has 0 unspecified atom stereocenters. The van der Waals surface area contributed by atoms with Crippen molar-refractivity contribution in [2.45, 2.75) is 18.9 Å². The maximum Gasteiger partial charge on any atom is 0.141 e. The predicted octanol–water partition coefficient (Wildman–Crippen LogP) is 2.69. The first-order valence-corrected chi connectivity index (χ1v) is 10.1. The smallest absolute Gasteiger partial charge is 0.141 e. The van der Waals surface area contributed by atoms with Crippen LogP contribution in [0.2, 0.25) is 0 Å². The molecule has 9 heteroatoms. The van der Waals surface area contributed by atoms with E-state index in [1.807, 2.05) is 11.4 Å². The normalized spacial score (nSPS) is 14.6. The third-order valence-corrected chi connectivity index (χ3v) is 5.66. The quantitative estimate of drug-likeness (QED) is 0.676. The summed E-state index contributed by atoms with van der Waals surface area (Å²) in [5.74, 6) is 1.33. The molecule has 29 heavy (non-hydrogen) atoms. The summed E-state index contributed by atoms with van der Waals surface area (Å²) in [5.41, 5.74) is 8.26. The summed E-state index contributed by atoms with van der Waals surface area (Å²) in [4.78, 5) is 15.8. The molecule has 0 amide bonds. The molecule has 0 aromatic carbocycles. The molecule has 1 saturated heterocycles. The number of aliphatic hydroxyl groups is 1. The van der Waals surface area contributed by atoms with Crippen molar-refractivity contribution in [2.75, 3.05) is 30.8 Å². The van der Waals surface area contributed by atoms with Gasteiger partial charge in [0.15, 0.2) is 0 Å². The number of aliphatic hydroxyl groups excluding tert-OH is 1. The molecule has 4 rings (SSSR count). The van der Waals surface area contributed by atoms with Crippen molar-refractivity contribution in [3.63, 3.8) is 0 Å². The molecule has 0 saturated carbocycles. The Morgan fingerprint density at radius 3 is 2.69 bits per heavy atom. The van der Waals surface area contributed by atoms with Crippen LogP contribution >= 0.6 is 11.3 Å². The van der Waals surface area contributed by atoms with Crippen LogP contribution in [0.15, 0.2) is 29.8 Å². The van der Waals surface area contributed by atoms with Gasteiger partial charge >= 0.3 is 0 Å². The van der Waals surface area contributed by atoms with Crippen LogP contribution in [0.4, 0.5) is 11.5 Å². The van der Waals surface area contributed by atoms with Crippen LogP contribution in [-0.2, 0) is 0 Å². The molecule has 4 heterocycles. The number of hydrogen-bond acceptors (Lipinski definition) is 9. The molecule has 3 aromatic rings. The Morgan fingerprint density at radius 2 is 2.03 bits per heavy atom. The molecule has 1 fully saturated rings. The SMILES string of the molecule is COc1cc(-c2nc(-c3nccs3)cc(N)c2C#N)nc(N2CCC(O)CC2)c1. The molecule has 1 aliphatic rings. The molecular formula is C20H20N6O2S. The highest BCUT2D eigenvalue weighted by molar-refractivity contribution is 7.13. The molecule has 0 spiro atoms. The lowest BCUT2D eigenvalue weighted by atomic mass is 10.1. The van der Waals surface area contributed by atoms with Crippen LogP contribution in [0.3, 0.4) is 0 Å². The number of rotatable bonds is 4. The Labute approximate surface area is 172 Å². The van der Waals surface area contributed by atoms with E-state index in [1.165, 1.54) is 11.3 Å². The van der Waals surface area contributed by atoms with Crippen LogP contribution in [0, 0.1) is 11.3 Å². The van der Waals surface area contributed by atoms with Crippen LogP contribution in [0.25, 0.3) is 22.1 Å². The van der Waals surface area contributed by atoms with E-state index < -0.39 is 0 Å². The molecule has 8 nitrogen and oxygen atoms in total. The van der Waals surface area contributed by atoms with Crippen LogP contribution in [0.5, 0.6) is 5.75 Å². The van der Waals surface area contributed by atoms with Gasteiger partial charge in [-0.3, -0.25) is 0 Å². The van der Waals surface area contributed by atoms with Gasteiger partial charge in [-0.05, 0) is 18.9 Å². The van der Waals surface area contributed by atoms with Gasteiger partial charge in [0.25, 0.3) is 0 Å². The first-order valence-electron chi connectivity index (χ1n) is 9.19. The topological polar surface area (TPSA) is 121 Å². The fraction of sp³-hybridized carbons (Fsp3) is 0.300. The van der Waals surface area contributed by atoms with Crippen LogP contribution in [0.1, 0.15) is 18.4 Å². The number of nitriles is 1. The number of piperidine rings is 1. The molecule has 0 atom stereocenters. The molecular weight excluding hydrogens is 388 g/mol. The van der Waals surface area contributed by atoms with Crippen molar-refractivity contribution >= 4 is 22.8 Å². The monoisotopic (exact) mass is 408 g/mol. The second-order valence-electron chi connectivity index (χ2n) is 6.74. The molecule has 3 aromatic heterocycles. The Kier molecular flexibility index (Phi) is 5.29. The number of pyridine rings is 2. The zero-order chi connectivity index (χ0) is 20.4. The largest absolute Gasteiger partial charge is 0.497 e. The highest BCUT2D eigenvalue weighted by Crippen LogP contribution is 2.33. The molecule has 0 radical (unpaired) electrons. The fourth-order valence-corrected chi connectivity index (χ4v) is 3.91. The third kappa shape index (κ3) is 3.85. The summed E-state index contributed by atoms with van der Waals surface area (Å²) in [6.07, 6.45) is 2.78. The second kappa shape index (κ2) is 8.03. The number of nitrogen functional groups attached to an aromatic ring is 1. The van der Waals surface area contributed by atoms with Crippen molar-refractivity contribution in [3.8, 4) is 33.9 Å². The Morgan fingerprint density at radius 1 is 1.24 bits per heavy atom. The Bertz CT molecular complexity index is 1060. The van der Waals surface area contributed by atoms with E-state index in [9.17, 15) is 10.4 Å². The molecule has 0 aliphatic carbocycles.